The summed E-state index contributed by atoms with van der Waals surface area (Å²) in [7, 11) is -7.73. The van der Waals surface area contributed by atoms with Crippen LogP contribution in [0.3, 0.4) is 0 Å². The van der Waals surface area contributed by atoms with Gasteiger partial charge in [0.25, 0.3) is 0 Å². The maximum Gasteiger partial charge on any atom is 0.378 e. The van der Waals surface area contributed by atoms with Crippen molar-refractivity contribution in [1.29, 1.82) is 10.8 Å². The van der Waals surface area contributed by atoms with Gasteiger partial charge in [-0.25, -0.2) is 0 Å². The summed E-state index contributed by atoms with van der Waals surface area (Å²) in [6.45, 7) is 6.89. The van der Waals surface area contributed by atoms with Crippen LogP contribution in [0.1, 0.15) is 44.9 Å². The van der Waals surface area contributed by atoms with Crippen LogP contribution in [0.5, 0.6) is 34.5 Å². The zero-order valence-electron chi connectivity index (χ0n) is 32.6. The van der Waals surface area contributed by atoms with Crippen LogP contribution in [0.25, 0.3) is 31.5 Å². The molecular weight excluding hydrogens is 809 g/mol. The van der Waals surface area contributed by atoms with Gasteiger partial charge in [-0.3, -0.25) is 0 Å². The Labute approximate surface area is 345 Å². The number of ether oxygens (including phenoxy) is 1. The third-order valence-corrected chi connectivity index (χ3v) is 12.8. The van der Waals surface area contributed by atoms with E-state index in [0.29, 0.717) is 33.4 Å². The Kier molecular flexibility index (Phi) is 10.5. The Morgan fingerprint density at radius 3 is 1.50 bits per heavy atom. The molecule has 14 nitrogen and oxygen atoms in total. The SMILES string of the molecule is COc1cc(C(c2cc(C)c(O)c(C)c2)c2cc(C)c(OS(=O)(=O)c3cccc4c([O-])c([N+]#N)ccc34)c(C)c2)ccc1OS(=O)(=O)c1cccc2c([O-])c([N+]#N)ccc12. The number of hydrogen-bond donors (Lipinski definition) is 1. The largest absolute Gasteiger partial charge is 0.867 e. The summed E-state index contributed by atoms with van der Waals surface area (Å²) in [4.78, 5) is 5.40. The second-order valence-electron chi connectivity index (χ2n) is 14.1. The van der Waals surface area contributed by atoms with Crippen LogP contribution in [-0.4, -0.2) is 29.1 Å². The number of phenolic OH excluding ortho intramolecular Hbond substituents is 1. The Hall–Kier alpha value is -7.40. The number of hydrogen-bond acceptors (Lipinski definition) is 12. The molecule has 0 aliphatic carbocycles. The average Bonchev–Trinajstić information content (AvgIpc) is 3.21. The first kappa shape index (κ1) is 40.8. The molecule has 7 aromatic rings. The molecule has 0 aliphatic heterocycles. The molecule has 0 radical (unpaired) electrons. The fourth-order valence-electron chi connectivity index (χ4n) is 7.44. The molecule has 302 valence electrons. The van der Waals surface area contributed by atoms with Crippen LogP contribution in [0.15, 0.2) is 113 Å². The Morgan fingerprint density at radius 1 is 0.567 bits per heavy atom. The molecule has 0 aliphatic rings. The second-order valence-corrected chi connectivity index (χ2v) is 17.2. The molecule has 0 fully saturated rings. The zero-order valence-corrected chi connectivity index (χ0v) is 34.3. The van der Waals surface area contributed by atoms with Crippen molar-refractivity contribution in [3.05, 3.63) is 152 Å². The molecule has 0 heterocycles. The summed E-state index contributed by atoms with van der Waals surface area (Å²) >= 11 is 0. The van der Waals surface area contributed by atoms with Crippen LogP contribution in [0, 0.1) is 38.5 Å². The highest BCUT2D eigenvalue weighted by Gasteiger charge is 2.28. The average molecular weight is 843 g/mol. The van der Waals surface area contributed by atoms with Gasteiger partial charge in [0.15, 0.2) is 21.5 Å². The molecule has 0 aromatic heterocycles. The van der Waals surface area contributed by atoms with Crippen molar-refractivity contribution >= 4 is 53.2 Å². The summed E-state index contributed by atoms with van der Waals surface area (Å²) in [5.41, 5.74) is 3.63. The third-order valence-electron chi connectivity index (χ3n) is 10.2. The number of fused-ring (bicyclic) bond motifs is 2. The van der Waals surface area contributed by atoms with Crippen LogP contribution in [0.4, 0.5) is 11.4 Å². The minimum absolute atomic E-state index is 0.0135. The van der Waals surface area contributed by atoms with Crippen LogP contribution in [0.2, 0.25) is 0 Å². The molecule has 0 bridgehead atoms. The van der Waals surface area contributed by atoms with Gasteiger partial charge in [0.05, 0.1) is 7.11 Å². The number of rotatable bonds is 10. The zero-order chi connectivity index (χ0) is 43.3. The van der Waals surface area contributed by atoms with Gasteiger partial charge in [-0.05, 0) is 125 Å². The number of phenols is 1. The van der Waals surface area contributed by atoms with Gasteiger partial charge in [-0.2, -0.15) is 16.8 Å². The van der Waals surface area contributed by atoms with E-state index in [1.807, 2.05) is 12.1 Å². The van der Waals surface area contributed by atoms with Gasteiger partial charge in [0, 0.05) is 28.8 Å². The number of nitrogens with zero attached hydrogens (tertiary/aromatic N) is 4. The van der Waals surface area contributed by atoms with Gasteiger partial charge in [-0.15, -0.1) is 0 Å². The molecule has 0 amide bonds. The predicted molar refractivity (Wildman–Crippen MR) is 219 cm³/mol. The lowest BCUT2D eigenvalue weighted by Gasteiger charge is -2.24. The summed E-state index contributed by atoms with van der Waals surface area (Å²) in [6, 6.07) is 25.2. The van der Waals surface area contributed by atoms with E-state index in [1.165, 1.54) is 73.8 Å². The lowest BCUT2D eigenvalue weighted by Crippen LogP contribution is -2.13. The van der Waals surface area contributed by atoms with Crippen molar-refractivity contribution < 1.29 is 45.3 Å². The molecular formula is C44H34N4O10S2. The van der Waals surface area contributed by atoms with Crippen molar-refractivity contribution in [3.8, 4) is 34.5 Å². The standard InChI is InChI=1S/C44H34N4O10S2/c1-23-18-28(19-24(2)41(23)49)40(27-12-17-36(37(22-27)56-5)57-59(52,53)38-10-6-8-32-30(38)13-15-34(47-45)42(32)50)29-20-25(3)44(26(4)21-29)58-60(54,55)39-11-7-9-33-31(39)14-16-35(48-46)43(33)51/h6-22,40H,1-5H3,(H-2,49,50,51). The highest BCUT2D eigenvalue weighted by molar-refractivity contribution is 7.87. The smallest absolute Gasteiger partial charge is 0.378 e. The molecule has 1 N–H and O–H groups in total. The fourth-order valence-corrected chi connectivity index (χ4v) is 9.86. The monoisotopic (exact) mass is 842 g/mol. The Morgan fingerprint density at radius 2 is 1.03 bits per heavy atom. The summed E-state index contributed by atoms with van der Waals surface area (Å²) in [6.07, 6.45) is 0. The number of aryl methyl sites for hydroxylation is 4. The van der Waals surface area contributed by atoms with Gasteiger partial charge in [0.1, 0.15) is 21.3 Å². The minimum atomic E-state index is -4.56. The normalized spacial score (nSPS) is 12.1. The second kappa shape index (κ2) is 15.4. The van der Waals surface area contributed by atoms with Gasteiger partial charge >= 0.3 is 31.6 Å². The lowest BCUT2D eigenvalue weighted by atomic mass is 9.82. The molecule has 0 saturated heterocycles. The quantitative estimate of drug-likeness (QED) is 0.0776. The minimum Gasteiger partial charge on any atom is -0.867 e. The van der Waals surface area contributed by atoms with Gasteiger partial charge < -0.3 is 28.4 Å². The third kappa shape index (κ3) is 7.19. The Bertz CT molecular complexity index is 3200. The van der Waals surface area contributed by atoms with E-state index in [4.69, 9.17) is 13.1 Å². The maximum atomic E-state index is 13.8. The van der Waals surface area contributed by atoms with Crippen molar-refractivity contribution in [2.45, 2.75) is 43.4 Å². The molecule has 0 saturated carbocycles. The first-order valence-corrected chi connectivity index (χ1v) is 20.9. The van der Waals surface area contributed by atoms with Crippen LogP contribution in [-0.2, 0) is 20.2 Å². The number of benzene rings is 7. The maximum absolute atomic E-state index is 13.8. The first-order valence-electron chi connectivity index (χ1n) is 18.1. The van der Waals surface area contributed by atoms with Crippen molar-refractivity contribution in [2.24, 2.45) is 0 Å². The molecule has 7 rings (SSSR count). The highest BCUT2D eigenvalue weighted by atomic mass is 32.2. The molecule has 16 heteroatoms. The van der Waals surface area contributed by atoms with E-state index < -0.39 is 37.7 Å². The number of methoxy groups -OCH3 is 1. The summed E-state index contributed by atoms with van der Waals surface area (Å²) in [5.74, 6) is -1.83. The molecule has 0 spiro atoms. The van der Waals surface area contributed by atoms with Gasteiger partial charge in [-0.1, -0.05) is 54.6 Å². The lowest BCUT2D eigenvalue weighted by molar-refractivity contribution is -0.265. The Balaban J connectivity index is 1.30. The fraction of sp³-hybridized carbons (Fsp3) is 0.136. The predicted octanol–water partition coefficient (Wildman–Crippen LogP) is 8.77. The van der Waals surface area contributed by atoms with E-state index in [-0.39, 0.29) is 65.7 Å². The highest BCUT2D eigenvalue weighted by Crippen LogP contribution is 2.43. The van der Waals surface area contributed by atoms with Crippen LogP contribution < -0.4 is 23.3 Å². The topological polar surface area (TPSA) is 219 Å². The van der Waals surface area contributed by atoms with Crippen molar-refractivity contribution in [1.82, 2.24) is 0 Å². The molecule has 1 atom stereocenters. The number of aromatic hydroxyl groups is 1. The van der Waals surface area contributed by atoms with Crippen molar-refractivity contribution in [2.75, 3.05) is 7.11 Å². The molecule has 7 aromatic carbocycles. The number of diazo groups is 2. The van der Waals surface area contributed by atoms with E-state index in [2.05, 4.69) is 9.95 Å². The summed E-state index contributed by atoms with van der Waals surface area (Å²) < 4.78 is 72.3. The van der Waals surface area contributed by atoms with E-state index >= 15 is 0 Å². The van der Waals surface area contributed by atoms with Crippen molar-refractivity contribution in [3.63, 3.8) is 0 Å². The molecule has 60 heavy (non-hydrogen) atoms. The first-order chi connectivity index (χ1) is 28.5. The van der Waals surface area contributed by atoms with Gasteiger partial charge in [0.2, 0.25) is 10.8 Å². The summed E-state index contributed by atoms with van der Waals surface area (Å²) in [5, 5.41) is 54.8. The van der Waals surface area contributed by atoms with Crippen LogP contribution >= 0.6 is 0 Å². The molecule has 1 unspecified atom stereocenters. The van der Waals surface area contributed by atoms with E-state index in [9.17, 15) is 42.9 Å². The van der Waals surface area contributed by atoms with E-state index in [1.54, 1.807) is 52.0 Å². The van der Waals surface area contributed by atoms with E-state index in [0.717, 1.165) is 5.56 Å².